The average Bonchev–Trinajstić information content (AvgIpc) is 3.15. The molecule has 2 fully saturated rings. The van der Waals surface area contributed by atoms with Gasteiger partial charge in [0.2, 0.25) is 0 Å². The molecule has 1 N–H and O–H groups in total. The van der Waals surface area contributed by atoms with Gasteiger partial charge in [0.25, 0.3) is 5.91 Å². The van der Waals surface area contributed by atoms with Crippen LogP contribution in [0.2, 0.25) is 0 Å². The van der Waals surface area contributed by atoms with Crippen LogP contribution < -0.4 is 5.32 Å². The number of carbonyl (C=O) groups excluding carboxylic acids is 1. The van der Waals surface area contributed by atoms with Crippen LogP contribution in [-0.4, -0.2) is 33.7 Å². The third kappa shape index (κ3) is 3.50. The predicted octanol–water partition coefficient (Wildman–Crippen LogP) is 5.75. The van der Waals surface area contributed by atoms with E-state index >= 15 is 0 Å². The number of nitrogens with zero attached hydrogens (tertiary/aromatic N) is 3. The molecule has 3 aromatic rings. The Hall–Kier alpha value is -3.36. The second-order valence-corrected chi connectivity index (χ2v) is 10.9. The highest BCUT2D eigenvalue weighted by molar-refractivity contribution is 5.99. The van der Waals surface area contributed by atoms with Gasteiger partial charge in [0.1, 0.15) is 17.2 Å². The molecule has 1 aromatic heterocycles. The Morgan fingerprint density at radius 2 is 1.86 bits per heavy atom. The number of halogens is 4. The van der Waals surface area contributed by atoms with E-state index in [1.807, 2.05) is 22.9 Å². The number of hydrogen-bond donors (Lipinski definition) is 1. The molecular formula is C27H26F4N4O. The molecule has 1 aliphatic carbocycles. The van der Waals surface area contributed by atoms with Crippen molar-refractivity contribution >= 4 is 11.7 Å². The summed E-state index contributed by atoms with van der Waals surface area (Å²) in [4.78, 5) is 15.3. The van der Waals surface area contributed by atoms with Crippen LogP contribution in [0, 0.1) is 11.7 Å². The number of likely N-dealkylation sites (tertiary alicyclic amines) is 1. The molecule has 9 heteroatoms. The van der Waals surface area contributed by atoms with Crippen LogP contribution in [0.15, 0.2) is 54.7 Å². The maximum Gasteiger partial charge on any atom is 0.416 e. The lowest BCUT2D eigenvalue weighted by Gasteiger charge is -2.38. The molecule has 5 nitrogen and oxygen atoms in total. The van der Waals surface area contributed by atoms with Crippen molar-refractivity contribution in [3.8, 4) is 0 Å². The van der Waals surface area contributed by atoms with Crippen molar-refractivity contribution in [2.75, 3.05) is 18.4 Å². The molecule has 2 aromatic carbocycles. The van der Waals surface area contributed by atoms with Crippen LogP contribution in [0.1, 0.15) is 59.8 Å². The lowest BCUT2D eigenvalue weighted by Crippen LogP contribution is -2.39. The molecule has 3 aliphatic rings. The Labute approximate surface area is 206 Å². The third-order valence-electron chi connectivity index (χ3n) is 8.06. The topological polar surface area (TPSA) is 50.2 Å². The van der Waals surface area contributed by atoms with Gasteiger partial charge in [-0.3, -0.25) is 4.79 Å². The first-order valence-corrected chi connectivity index (χ1v) is 12.1. The smallest absolute Gasteiger partial charge is 0.363 e. The van der Waals surface area contributed by atoms with Crippen molar-refractivity contribution in [2.24, 2.45) is 5.92 Å². The molecule has 0 spiro atoms. The van der Waals surface area contributed by atoms with Gasteiger partial charge < -0.3 is 10.2 Å². The summed E-state index contributed by atoms with van der Waals surface area (Å²) in [5.74, 6) is -0.383. The largest absolute Gasteiger partial charge is 0.416 e. The zero-order valence-electron chi connectivity index (χ0n) is 19.9. The molecule has 3 atom stereocenters. The average molecular weight is 499 g/mol. The van der Waals surface area contributed by atoms with Crippen molar-refractivity contribution in [3.05, 3.63) is 82.8 Å². The van der Waals surface area contributed by atoms with Crippen LogP contribution in [0.4, 0.5) is 23.4 Å². The third-order valence-corrected chi connectivity index (χ3v) is 8.06. The molecule has 1 saturated carbocycles. The van der Waals surface area contributed by atoms with Crippen LogP contribution in [0.25, 0.3) is 0 Å². The van der Waals surface area contributed by atoms with E-state index in [9.17, 15) is 22.4 Å². The first-order valence-electron chi connectivity index (χ1n) is 12.1. The molecule has 36 heavy (non-hydrogen) atoms. The molecule has 0 radical (unpaired) electrons. The zero-order chi connectivity index (χ0) is 25.5. The van der Waals surface area contributed by atoms with Crippen molar-refractivity contribution < 1.29 is 22.4 Å². The van der Waals surface area contributed by atoms with Gasteiger partial charge in [-0.15, -0.1) is 0 Å². The van der Waals surface area contributed by atoms with E-state index < -0.39 is 23.0 Å². The number of aromatic nitrogens is 2. The monoisotopic (exact) mass is 498 g/mol. The highest BCUT2D eigenvalue weighted by atomic mass is 19.4. The zero-order valence-corrected chi connectivity index (χ0v) is 19.9. The Morgan fingerprint density at radius 3 is 2.56 bits per heavy atom. The van der Waals surface area contributed by atoms with Crippen molar-refractivity contribution in [3.63, 3.8) is 0 Å². The van der Waals surface area contributed by atoms with Gasteiger partial charge in [0.15, 0.2) is 0 Å². The van der Waals surface area contributed by atoms with Gasteiger partial charge in [-0.2, -0.15) is 18.3 Å². The van der Waals surface area contributed by atoms with Gasteiger partial charge in [-0.05, 0) is 55.9 Å². The van der Waals surface area contributed by atoms with Crippen molar-refractivity contribution in [1.82, 2.24) is 14.7 Å². The number of hydrogen-bond acceptors (Lipinski definition) is 3. The molecule has 2 aliphatic heterocycles. The Morgan fingerprint density at radius 1 is 1.11 bits per heavy atom. The molecule has 188 valence electrons. The number of benzene rings is 2. The number of piperidine rings is 1. The van der Waals surface area contributed by atoms with Crippen LogP contribution in [-0.2, 0) is 17.1 Å². The number of carbonyl (C=O) groups is 1. The molecular weight excluding hydrogens is 472 g/mol. The van der Waals surface area contributed by atoms with E-state index in [2.05, 4.69) is 36.4 Å². The normalized spacial score (nSPS) is 26.2. The van der Waals surface area contributed by atoms with Gasteiger partial charge in [-0.25, -0.2) is 9.07 Å². The number of anilines is 1. The lowest BCUT2D eigenvalue weighted by molar-refractivity contribution is -0.137. The Bertz CT molecular complexity index is 1350. The van der Waals surface area contributed by atoms with E-state index in [4.69, 9.17) is 0 Å². The minimum Gasteiger partial charge on any atom is -0.363 e. The fraction of sp³-hybridized carbons (Fsp3) is 0.407. The molecule has 1 amide bonds. The number of amides is 1. The molecule has 2 unspecified atom stereocenters. The van der Waals surface area contributed by atoms with Crippen molar-refractivity contribution in [1.29, 1.82) is 0 Å². The Balaban J connectivity index is 1.27. The summed E-state index contributed by atoms with van der Waals surface area (Å²) in [5, 5.41) is 8.02. The minimum atomic E-state index is -4.60. The second-order valence-electron chi connectivity index (χ2n) is 10.9. The van der Waals surface area contributed by atoms with Crippen LogP contribution >= 0.6 is 0 Å². The molecule has 6 rings (SSSR count). The highest BCUT2D eigenvalue weighted by Crippen LogP contribution is 2.60. The van der Waals surface area contributed by atoms with E-state index in [0.29, 0.717) is 30.4 Å². The minimum absolute atomic E-state index is 0.0107. The van der Waals surface area contributed by atoms with E-state index in [0.717, 1.165) is 18.1 Å². The number of rotatable bonds is 3. The summed E-state index contributed by atoms with van der Waals surface area (Å²) < 4.78 is 55.7. The van der Waals surface area contributed by atoms with Gasteiger partial charge in [0, 0.05) is 18.5 Å². The van der Waals surface area contributed by atoms with Crippen molar-refractivity contribution in [2.45, 2.75) is 49.9 Å². The Kier molecular flexibility index (Phi) is 4.85. The summed E-state index contributed by atoms with van der Waals surface area (Å²) in [6, 6.07) is 12.8. The lowest BCUT2D eigenvalue weighted by atomic mass is 9.89. The quantitative estimate of drug-likeness (QED) is 0.468. The molecule has 3 heterocycles. The predicted molar refractivity (Wildman–Crippen MR) is 126 cm³/mol. The fourth-order valence-corrected chi connectivity index (χ4v) is 6.11. The number of nitrogens with one attached hydrogen (secondary N) is 1. The van der Waals surface area contributed by atoms with Crippen LogP contribution in [0.3, 0.4) is 0 Å². The van der Waals surface area contributed by atoms with Crippen LogP contribution in [0.5, 0.6) is 0 Å². The maximum absolute atomic E-state index is 14.8. The summed E-state index contributed by atoms with van der Waals surface area (Å²) in [5.41, 5.74) is -0.121. The summed E-state index contributed by atoms with van der Waals surface area (Å²) in [6.45, 7) is 4.88. The van der Waals surface area contributed by atoms with E-state index in [1.54, 1.807) is 11.1 Å². The second kappa shape index (κ2) is 7.57. The number of alkyl halides is 3. The van der Waals surface area contributed by atoms with E-state index in [-0.39, 0.29) is 35.5 Å². The maximum atomic E-state index is 14.8. The highest BCUT2D eigenvalue weighted by Gasteiger charge is 2.63. The summed E-state index contributed by atoms with van der Waals surface area (Å²) in [6.07, 6.45) is -1.57. The summed E-state index contributed by atoms with van der Waals surface area (Å²) in [7, 11) is 0. The first-order chi connectivity index (χ1) is 17.0. The van der Waals surface area contributed by atoms with Gasteiger partial charge >= 0.3 is 6.18 Å². The van der Waals surface area contributed by atoms with Gasteiger partial charge in [0.05, 0.1) is 23.3 Å². The molecule has 0 bridgehead atoms. The standard InChI is InChI=1S/C27H26F4N4O/c1-25(2)12-22(16-6-4-3-5-7-16)33-23-19(13-32-35(23)25)24(36)34-14-18-11-26(18,15-34)20-9-8-17(10-21(20)28)27(29,30)31/h3-10,13,18,22,33H,11-12,14-15H2,1-2H3/t18?,22-,26?/m1/s1. The fourth-order valence-electron chi connectivity index (χ4n) is 6.11. The van der Waals surface area contributed by atoms with Gasteiger partial charge in [-0.1, -0.05) is 36.4 Å². The van der Waals surface area contributed by atoms with E-state index in [1.165, 1.54) is 6.07 Å². The molecule has 1 saturated heterocycles. The summed E-state index contributed by atoms with van der Waals surface area (Å²) >= 11 is 0. The first kappa shape index (κ1) is 23.1. The number of fused-ring (bicyclic) bond motifs is 2. The SMILES string of the molecule is CC1(C)C[C@H](c2ccccc2)Nc2c(C(=O)N3CC4CC4(c4ccc(C(F)(F)F)cc4F)C3)cnn21.